The third-order valence-electron chi connectivity index (χ3n) is 3.10. The maximum Gasteiger partial charge on any atom is 0.264 e. The Morgan fingerprint density at radius 2 is 1.65 bits per heavy atom. The summed E-state index contributed by atoms with van der Waals surface area (Å²) >= 11 is 0. The van der Waals surface area contributed by atoms with Crippen LogP contribution in [0.3, 0.4) is 0 Å². The molecule has 0 amide bonds. The standard InChI is InChI=1S/C8H18O3S.C6H12N2/c1-2-3-4-5-6-7-8-12(9,10)11;1-3-8-5-4-7(2)6-8/h2-8H2,1H3,(H,9,10,11);4-5H,3,6H2,1-2H3. The largest absolute Gasteiger partial charge is 0.362 e. The van der Waals surface area contributed by atoms with Crippen LogP contribution in [0.2, 0.25) is 0 Å². The molecule has 1 rings (SSSR count). The quantitative estimate of drug-likeness (QED) is 0.552. The third-order valence-corrected chi connectivity index (χ3v) is 3.90. The zero-order valence-electron chi connectivity index (χ0n) is 13.1. The molecule has 20 heavy (non-hydrogen) atoms. The first-order valence-electron chi connectivity index (χ1n) is 7.46. The molecular weight excluding hydrogens is 276 g/mol. The average molecular weight is 306 g/mol. The molecule has 1 aliphatic rings. The summed E-state index contributed by atoms with van der Waals surface area (Å²) in [6.45, 7) is 6.46. The van der Waals surface area contributed by atoms with Gasteiger partial charge in [-0.05, 0) is 13.3 Å². The summed E-state index contributed by atoms with van der Waals surface area (Å²) in [5.41, 5.74) is 0. The van der Waals surface area contributed by atoms with Gasteiger partial charge in [0.05, 0.1) is 12.4 Å². The van der Waals surface area contributed by atoms with E-state index in [0.29, 0.717) is 6.42 Å². The highest BCUT2D eigenvalue weighted by Crippen LogP contribution is 2.05. The molecule has 5 nitrogen and oxygen atoms in total. The molecule has 1 aliphatic heterocycles. The molecule has 0 saturated carbocycles. The van der Waals surface area contributed by atoms with E-state index in [1.165, 1.54) is 19.3 Å². The van der Waals surface area contributed by atoms with E-state index in [4.69, 9.17) is 4.55 Å². The van der Waals surface area contributed by atoms with Crippen molar-refractivity contribution in [3.05, 3.63) is 12.4 Å². The molecule has 6 heteroatoms. The number of hydrogen-bond donors (Lipinski definition) is 1. The lowest BCUT2D eigenvalue weighted by Gasteiger charge is -2.14. The first-order chi connectivity index (χ1) is 9.39. The molecule has 0 fully saturated rings. The highest BCUT2D eigenvalue weighted by atomic mass is 32.2. The minimum absolute atomic E-state index is 0.0842. The van der Waals surface area contributed by atoms with Crippen LogP contribution < -0.4 is 0 Å². The van der Waals surface area contributed by atoms with Gasteiger partial charge >= 0.3 is 0 Å². The molecule has 0 unspecified atom stereocenters. The second-order valence-corrected chi connectivity index (χ2v) is 6.73. The number of unbranched alkanes of at least 4 members (excludes halogenated alkanes) is 5. The van der Waals surface area contributed by atoms with Gasteiger partial charge < -0.3 is 9.80 Å². The van der Waals surface area contributed by atoms with Crippen LogP contribution in [-0.4, -0.2) is 48.8 Å². The van der Waals surface area contributed by atoms with E-state index < -0.39 is 10.1 Å². The van der Waals surface area contributed by atoms with Crippen LogP contribution in [0.15, 0.2) is 12.4 Å². The van der Waals surface area contributed by atoms with Crippen molar-refractivity contribution < 1.29 is 13.0 Å². The van der Waals surface area contributed by atoms with Gasteiger partial charge in [-0.2, -0.15) is 8.42 Å². The normalized spacial score (nSPS) is 14.4. The van der Waals surface area contributed by atoms with E-state index >= 15 is 0 Å². The predicted molar refractivity (Wildman–Crippen MR) is 83.9 cm³/mol. The summed E-state index contributed by atoms with van der Waals surface area (Å²) in [4.78, 5) is 4.41. The Balaban J connectivity index is 0.000000388. The van der Waals surface area contributed by atoms with Gasteiger partial charge in [0.25, 0.3) is 10.1 Å². The minimum Gasteiger partial charge on any atom is -0.362 e. The Morgan fingerprint density at radius 3 is 2.05 bits per heavy atom. The summed E-state index contributed by atoms with van der Waals surface area (Å²) in [5, 5.41) is 0. The molecule has 0 aliphatic carbocycles. The van der Waals surface area contributed by atoms with Crippen LogP contribution in [0, 0.1) is 0 Å². The molecule has 0 bridgehead atoms. The van der Waals surface area contributed by atoms with Crippen molar-refractivity contribution >= 4 is 10.1 Å². The summed E-state index contributed by atoms with van der Waals surface area (Å²) in [6.07, 6.45) is 10.3. The lowest BCUT2D eigenvalue weighted by atomic mass is 10.1. The highest BCUT2D eigenvalue weighted by molar-refractivity contribution is 7.85. The van der Waals surface area contributed by atoms with Crippen molar-refractivity contribution in [2.75, 3.05) is 26.0 Å². The van der Waals surface area contributed by atoms with Crippen LogP contribution in [-0.2, 0) is 10.1 Å². The first kappa shape index (κ1) is 19.2. The molecule has 0 radical (unpaired) electrons. The van der Waals surface area contributed by atoms with Crippen molar-refractivity contribution in [1.82, 2.24) is 9.80 Å². The Kier molecular flexibility index (Phi) is 10.6. The molecule has 120 valence electrons. The van der Waals surface area contributed by atoms with Crippen LogP contribution in [0.5, 0.6) is 0 Å². The van der Waals surface area contributed by atoms with Gasteiger partial charge in [0.1, 0.15) is 0 Å². The second kappa shape index (κ2) is 11.0. The summed E-state index contributed by atoms with van der Waals surface area (Å²) < 4.78 is 28.9. The third kappa shape index (κ3) is 12.3. The van der Waals surface area contributed by atoms with E-state index in [0.717, 1.165) is 26.1 Å². The van der Waals surface area contributed by atoms with Gasteiger partial charge in [-0.1, -0.05) is 39.0 Å². The second-order valence-electron chi connectivity index (χ2n) is 5.16. The van der Waals surface area contributed by atoms with Crippen molar-refractivity contribution in [3.8, 4) is 0 Å². The van der Waals surface area contributed by atoms with Crippen LogP contribution in [0.1, 0.15) is 52.4 Å². The van der Waals surface area contributed by atoms with Crippen molar-refractivity contribution in [3.63, 3.8) is 0 Å². The predicted octanol–water partition coefficient (Wildman–Crippen LogP) is 2.92. The van der Waals surface area contributed by atoms with Crippen molar-refractivity contribution in [2.45, 2.75) is 52.4 Å². The van der Waals surface area contributed by atoms with Crippen LogP contribution in [0.25, 0.3) is 0 Å². The number of rotatable bonds is 8. The topological polar surface area (TPSA) is 60.9 Å². The zero-order valence-corrected chi connectivity index (χ0v) is 13.9. The monoisotopic (exact) mass is 306 g/mol. The summed E-state index contributed by atoms with van der Waals surface area (Å²) in [5.74, 6) is -0.0842. The molecule has 1 N–H and O–H groups in total. The molecular formula is C14H30N2O3S. The maximum atomic E-state index is 10.3. The maximum absolute atomic E-state index is 10.3. The SMILES string of the molecule is CCCCCCCCS(=O)(=O)O.CCN1C=CN(C)C1. The molecule has 0 aromatic heterocycles. The average Bonchev–Trinajstić information content (AvgIpc) is 2.79. The lowest BCUT2D eigenvalue weighted by molar-refractivity contribution is 0.308. The molecule has 0 saturated heterocycles. The Morgan fingerprint density at radius 1 is 1.05 bits per heavy atom. The number of hydrogen-bond acceptors (Lipinski definition) is 4. The van der Waals surface area contributed by atoms with E-state index in [-0.39, 0.29) is 5.75 Å². The molecule has 1 heterocycles. The van der Waals surface area contributed by atoms with Gasteiger partial charge in [-0.3, -0.25) is 4.55 Å². The Hall–Kier alpha value is -0.750. The van der Waals surface area contributed by atoms with Gasteiger partial charge in [0.2, 0.25) is 0 Å². The fourth-order valence-corrected chi connectivity index (χ4v) is 2.43. The number of nitrogens with zero attached hydrogens (tertiary/aromatic N) is 2. The van der Waals surface area contributed by atoms with E-state index in [2.05, 4.69) is 43.1 Å². The van der Waals surface area contributed by atoms with Crippen LogP contribution in [0.4, 0.5) is 0 Å². The molecule has 0 spiro atoms. The van der Waals surface area contributed by atoms with Gasteiger partial charge in [0, 0.05) is 26.0 Å². The first-order valence-corrected chi connectivity index (χ1v) is 9.07. The van der Waals surface area contributed by atoms with Gasteiger partial charge in [-0.25, -0.2) is 0 Å². The molecule has 0 atom stereocenters. The van der Waals surface area contributed by atoms with Crippen LogP contribution >= 0.6 is 0 Å². The zero-order chi connectivity index (χ0) is 15.4. The van der Waals surface area contributed by atoms with E-state index in [9.17, 15) is 8.42 Å². The molecule has 0 aromatic carbocycles. The van der Waals surface area contributed by atoms with Crippen molar-refractivity contribution in [1.29, 1.82) is 0 Å². The molecule has 0 aromatic rings. The smallest absolute Gasteiger partial charge is 0.264 e. The lowest BCUT2D eigenvalue weighted by Crippen LogP contribution is -2.21. The Labute approximate surface area is 124 Å². The Bertz CT molecular complexity index is 355. The van der Waals surface area contributed by atoms with Crippen molar-refractivity contribution in [2.24, 2.45) is 0 Å². The van der Waals surface area contributed by atoms with E-state index in [1.807, 2.05) is 0 Å². The van der Waals surface area contributed by atoms with Gasteiger partial charge in [0.15, 0.2) is 0 Å². The van der Waals surface area contributed by atoms with E-state index in [1.54, 1.807) is 0 Å². The van der Waals surface area contributed by atoms with Gasteiger partial charge in [-0.15, -0.1) is 0 Å². The fraction of sp³-hybridized carbons (Fsp3) is 0.857. The highest BCUT2D eigenvalue weighted by Gasteiger charge is 2.03. The summed E-state index contributed by atoms with van der Waals surface area (Å²) in [7, 11) is -1.64. The summed E-state index contributed by atoms with van der Waals surface area (Å²) in [6, 6.07) is 0. The fourth-order valence-electron chi connectivity index (χ4n) is 1.86. The minimum atomic E-state index is -3.72.